The van der Waals surface area contributed by atoms with Gasteiger partial charge in [0.15, 0.2) is 16.8 Å². The van der Waals surface area contributed by atoms with Crippen LogP contribution < -0.4 is 22.1 Å². The standard InChI is InChI=1S/C21H28N12O8S2/c22-19(23)31(6-10-3-25-4-10)7-11-5-26-32(29-11)8-13-15(17(35)33(13)43(38,39)40)28-16(34)14(12-9-42-20(24)27-12)30-41-21(1-2-21)18(36)37/h5,9-10,13,15,25H,1-4,6-8H2,(H3,22,23)(H2,24,27)(H,28,34)(H,36,37)(H,38,39,40)/t13-,15-/m0/s1. The number of rotatable bonds is 13. The van der Waals surface area contributed by atoms with Gasteiger partial charge in [0.2, 0.25) is 5.60 Å². The van der Waals surface area contributed by atoms with Crippen LogP contribution in [-0.2, 0) is 42.6 Å². The van der Waals surface area contributed by atoms with Gasteiger partial charge in [-0.3, -0.25) is 19.6 Å². The molecular weight excluding hydrogens is 612 g/mol. The molecule has 9 N–H and O–H groups in total. The lowest BCUT2D eigenvalue weighted by molar-refractivity contribution is -0.153. The molecule has 0 unspecified atom stereocenters. The second-order valence-electron chi connectivity index (χ2n) is 10.2. The number of nitrogen functional groups attached to an aromatic ring is 1. The van der Waals surface area contributed by atoms with Gasteiger partial charge in [0.1, 0.15) is 23.5 Å². The maximum Gasteiger partial charge on any atom is 0.362 e. The van der Waals surface area contributed by atoms with Gasteiger partial charge in [0, 0.05) is 43.8 Å². The first kappa shape index (κ1) is 30.1. The maximum atomic E-state index is 13.3. The van der Waals surface area contributed by atoms with Gasteiger partial charge in [-0.2, -0.15) is 23.4 Å². The minimum absolute atomic E-state index is 0.0674. The number of aliphatic carboxylic acids is 1. The highest BCUT2D eigenvalue weighted by molar-refractivity contribution is 7.84. The Kier molecular flexibility index (Phi) is 7.93. The number of carboxylic acid groups (broad SMARTS) is 1. The third-order valence-corrected chi connectivity index (χ3v) is 8.68. The van der Waals surface area contributed by atoms with Crippen LogP contribution in [0.15, 0.2) is 16.7 Å². The van der Waals surface area contributed by atoms with Crippen LogP contribution in [0, 0.1) is 11.3 Å². The van der Waals surface area contributed by atoms with E-state index in [1.807, 2.05) is 0 Å². The van der Waals surface area contributed by atoms with Crippen LogP contribution in [0.5, 0.6) is 0 Å². The second-order valence-corrected chi connectivity index (χ2v) is 12.4. The van der Waals surface area contributed by atoms with Gasteiger partial charge >= 0.3 is 16.3 Å². The van der Waals surface area contributed by atoms with Crippen LogP contribution in [0.1, 0.15) is 24.2 Å². The van der Waals surface area contributed by atoms with Gasteiger partial charge in [0.05, 0.1) is 19.3 Å². The Hall–Kier alpha value is -4.41. The first-order valence-corrected chi connectivity index (χ1v) is 15.1. The number of β-lactam (4-membered cyclic amide) rings is 1. The Labute approximate surface area is 247 Å². The number of carbonyl (C=O) groups excluding carboxylic acids is 2. The summed E-state index contributed by atoms with van der Waals surface area (Å²) in [7, 11) is -5.03. The fourth-order valence-electron chi connectivity index (χ4n) is 4.44. The Morgan fingerprint density at radius 1 is 1.37 bits per heavy atom. The predicted octanol–water partition coefficient (Wildman–Crippen LogP) is -3.23. The minimum Gasteiger partial charge on any atom is -0.478 e. The Morgan fingerprint density at radius 3 is 2.63 bits per heavy atom. The molecule has 2 amide bonds. The van der Waals surface area contributed by atoms with E-state index in [1.54, 1.807) is 4.90 Å². The van der Waals surface area contributed by atoms with Crippen molar-refractivity contribution in [1.29, 1.82) is 5.41 Å². The monoisotopic (exact) mass is 640 g/mol. The number of guanidine groups is 1. The predicted molar refractivity (Wildman–Crippen MR) is 147 cm³/mol. The van der Waals surface area contributed by atoms with Crippen molar-refractivity contribution >= 4 is 56.2 Å². The quantitative estimate of drug-likeness (QED) is 0.0372. The number of amides is 2. The molecule has 3 fully saturated rings. The summed E-state index contributed by atoms with van der Waals surface area (Å²) in [6, 6.07) is -2.84. The van der Waals surface area contributed by atoms with Crippen molar-refractivity contribution in [3.05, 3.63) is 23.0 Å². The number of aromatic nitrogens is 4. The fourth-order valence-corrected chi connectivity index (χ4v) is 5.85. The first-order chi connectivity index (χ1) is 20.3. The average Bonchev–Trinajstić information content (AvgIpc) is 3.37. The number of hydrogen-bond acceptors (Lipinski definition) is 14. The van der Waals surface area contributed by atoms with Crippen molar-refractivity contribution < 1.29 is 37.3 Å². The third-order valence-electron chi connectivity index (χ3n) is 7.06. The van der Waals surface area contributed by atoms with E-state index in [1.165, 1.54) is 11.6 Å². The molecule has 2 aromatic heterocycles. The number of oxime groups is 1. The molecule has 43 heavy (non-hydrogen) atoms. The normalized spacial score (nSPS) is 21.5. The number of anilines is 1. The van der Waals surface area contributed by atoms with Crippen LogP contribution in [0.4, 0.5) is 5.13 Å². The molecule has 1 aliphatic carbocycles. The van der Waals surface area contributed by atoms with Gasteiger partial charge in [-0.25, -0.2) is 14.1 Å². The zero-order valence-electron chi connectivity index (χ0n) is 22.3. The molecule has 2 aromatic rings. The van der Waals surface area contributed by atoms with E-state index in [0.29, 0.717) is 18.2 Å². The van der Waals surface area contributed by atoms with Crippen LogP contribution in [-0.4, -0.2) is 114 Å². The molecule has 0 spiro atoms. The smallest absolute Gasteiger partial charge is 0.362 e. The lowest BCUT2D eigenvalue weighted by Crippen LogP contribution is -2.73. The zero-order chi connectivity index (χ0) is 31.1. The number of nitrogens with two attached hydrogens (primary N) is 2. The molecule has 0 bridgehead atoms. The number of thiazole rings is 1. The maximum absolute atomic E-state index is 13.3. The van der Waals surface area contributed by atoms with Gasteiger partial charge in [0.25, 0.3) is 11.8 Å². The highest BCUT2D eigenvalue weighted by Gasteiger charge is 2.56. The third kappa shape index (κ3) is 6.35. The van der Waals surface area contributed by atoms with Crippen molar-refractivity contribution in [2.45, 2.75) is 43.6 Å². The summed E-state index contributed by atoms with van der Waals surface area (Å²) in [5.74, 6) is -3.31. The molecular formula is C21H28N12O8S2. The van der Waals surface area contributed by atoms with Crippen LogP contribution in [0.2, 0.25) is 0 Å². The lowest BCUT2D eigenvalue weighted by atomic mass is 9.98. The molecule has 5 rings (SSSR count). The summed E-state index contributed by atoms with van der Waals surface area (Å²) in [6.45, 7) is 1.88. The topological polar surface area (TPSA) is 297 Å². The molecule has 20 nitrogen and oxygen atoms in total. The molecule has 0 radical (unpaired) electrons. The first-order valence-electron chi connectivity index (χ1n) is 12.8. The fraction of sp³-hybridized carbons (Fsp3) is 0.524. The molecule has 1 saturated carbocycles. The van der Waals surface area contributed by atoms with E-state index in [9.17, 15) is 32.5 Å². The van der Waals surface area contributed by atoms with Crippen LogP contribution in [0.25, 0.3) is 0 Å². The number of carboxylic acids is 1. The van der Waals surface area contributed by atoms with Gasteiger partial charge < -0.3 is 36.9 Å². The summed E-state index contributed by atoms with van der Waals surface area (Å²) >= 11 is 0.965. The summed E-state index contributed by atoms with van der Waals surface area (Å²) in [5, 5.41) is 36.2. The molecule has 0 aromatic carbocycles. The van der Waals surface area contributed by atoms with E-state index in [2.05, 4.69) is 31.0 Å². The molecule has 3 aliphatic rings. The molecule has 232 valence electrons. The van der Waals surface area contributed by atoms with Crippen molar-refractivity contribution in [2.75, 3.05) is 25.4 Å². The Morgan fingerprint density at radius 2 is 2.09 bits per heavy atom. The summed E-state index contributed by atoms with van der Waals surface area (Å²) in [5.41, 5.74) is 9.60. The van der Waals surface area contributed by atoms with E-state index >= 15 is 0 Å². The largest absolute Gasteiger partial charge is 0.478 e. The summed E-state index contributed by atoms with van der Waals surface area (Å²) in [6.07, 6.45) is 1.70. The summed E-state index contributed by atoms with van der Waals surface area (Å²) < 4.78 is 33.8. The highest BCUT2D eigenvalue weighted by Crippen LogP contribution is 2.40. The van der Waals surface area contributed by atoms with Gasteiger partial charge in [-0.1, -0.05) is 5.16 Å². The number of carbonyl (C=O) groups is 3. The van der Waals surface area contributed by atoms with E-state index in [4.69, 9.17) is 21.7 Å². The van der Waals surface area contributed by atoms with Crippen molar-refractivity contribution in [2.24, 2.45) is 16.8 Å². The van der Waals surface area contributed by atoms with Crippen LogP contribution >= 0.6 is 11.3 Å². The number of nitrogens with one attached hydrogen (secondary N) is 3. The lowest BCUT2D eigenvalue weighted by Gasteiger charge is -2.43. The molecule has 2 saturated heterocycles. The van der Waals surface area contributed by atoms with E-state index < -0.39 is 51.5 Å². The van der Waals surface area contributed by atoms with Gasteiger partial charge in [-0.05, 0) is 0 Å². The molecule has 2 aliphatic heterocycles. The molecule has 2 atom stereocenters. The Bertz CT molecular complexity index is 1580. The highest BCUT2D eigenvalue weighted by atomic mass is 32.2. The van der Waals surface area contributed by atoms with E-state index in [0.717, 1.165) is 29.2 Å². The SMILES string of the molecule is N=C(N)N(Cc1cnn(C[C@H]2[C@H](NC(=O)C(=NOC3(C(=O)O)CC3)c3csc(N)n3)C(=O)N2S(=O)(=O)O)n1)CC1CNC1. The summed E-state index contributed by atoms with van der Waals surface area (Å²) in [4.78, 5) is 49.3. The van der Waals surface area contributed by atoms with Gasteiger partial charge in [-0.15, -0.1) is 11.3 Å². The second kappa shape index (κ2) is 11.3. The molecule has 22 heteroatoms. The van der Waals surface area contributed by atoms with Crippen molar-refractivity contribution in [3.8, 4) is 0 Å². The zero-order valence-corrected chi connectivity index (χ0v) is 23.9. The van der Waals surface area contributed by atoms with Crippen molar-refractivity contribution in [3.63, 3.8) is 0 Å². The molecule has 4 heterocycles. The Balaban J connectivity index is 1.32. The number of nitrogens with zero attached hydrogens (tertiary/aromatic N) is 7. The van der Waals surface area contributed by atoms with Crippen molar-refractivity contribution in [1.82, 2.24) is 39.8 Å². The minimum atomic E-state index is -5.03. The van der Waals surface area contributed by atoms with Crippen LogP contribution in [0.3, 0.4) is 0 Å². The van der Waals surface area contributed by atoms with E-state index in [-0.39, 0.29) is 47.0 Å². The average molecular weight is 641 g/mol. The number of hydrogen-bond donors (Lipinski definition) is 7.